The lowest BCUT2D eigenvalue weighted by Gasteiger charge is -2.16. The third kappa shape index (κ3) is 4.92. The van der Waals surface area contributed by atoms with E-state index in [0.717, 1.165) is 46.3 Å². The van der Waals surface area contributed by atoms with Gasteiger partial charge in [-0.3, -0.25) is 9.36 Å². The lowest BCUT2D eigenvalue weighted by atomic mass is 10.0. The SMILES string of the molecule is C[C@@H](Cc1ccc(-n2c(Sc3cc4c(cc3Br)OCO4)nc3c(N)ncnc32)cc1)C(=O)OC1CCCC1. The van der Waals surface area contributed by atoms with Crippen LogP contribution in [0.4, 0.5) is 5.82 Å². The Kier molecular flexibility index (Phi) is 6.87. The summed E-state index contributed by atoms with van der Waals surface area (Å²) >= 11 is 5.09. The summed E-state index contributed by atoms with van der Waals surface area (Å²) in [5, 5.41) is 0.674. The molecule has 0 unspecified atom stereocenters. The molecule has 1 saturated carbocycles. The molecule has 9 nitrogen and oxygen atoms in total. The molecule has 3 heterocycles. The van der Waals surface area contributed by atoms with Gasteiger partial charge in [-0.15, -0.1) is 0 Å². The molecular formula is C27H26BrN5O4S. The average molecular weight is 597 g/mol. The van der Waals surface area contributed by atoms with E-state index in [4.69, 9.17) is 24.9 Å². The Hall–Kier alpha value is -3.31. The van der Waals surface area contributed by atoms with E-state index in [1.807, 2.05) is 47.9 Å². The minimum atomic E-state index is -0.211. The van der Waals surface area contributed by atoms with Gasteiger partial charge in [0, 0.05) is 15.1 Å². The van der Waals surface area contributed by atoms with Crippen molar-refractivity contribution in [2.75, 3.05) is 12.5 Å². The normalized spacial score (nSPS) is 15.7. The van der Waals surface area contributed by atoms with Crippen LogP contribution in [0.2, 0.25) is 0 Å². The van der Waals surface area contributed by atoms with Crippen molar-refractivity contribution in [3.05, 3.63) is 52.8 Å². The van der Waals surface area contributed by atoms with Crippen molar-refractivity contribution in [3.63, 3.8) is 0 Å². The van der Waals surface area contributed by atoms with Gasteiger partial charge in [0.2, 0.25) is 6.79 Å². The highest BCUT2D eigenvalue weighted by Gasteiger charge is 2.24. The number of nitrogens with zero attached hydrogens (tertiary/aromatic N) is 4. The van der Waals surface area contributed by atoms with Gasteiger partial charge in [0.1, 0.15) is 12.4 Å². The fourth-order valence-electron chi connectivity index (χ4n) is 4.77. The van der Waals surface area contributed by atoms with Crippen LogP contribution in [0.25, 0.3) is 16.9 Å². The number of nitrogen functional groups attached to an aromatic ring is 1. The second-order valence-corrected chi connectivity index (χ2v) is 11.4. The molecule has 11 heteroatoms. The Morgan fingerprint density at radius 1 is 1.18 bits per heavy atom. The van der Waals surface area contributed by atoms with Gasteiger partial charge in [0.25, 0.3) is 0 Å². The predicted octanol–water partition coefficient (Wildman–Crippen LogP) is 5.70. The summed E-state index contributed by atoms with van der Waals surface area (Å²) in [4.78, 5) is 26.9. The molecule has 2 aromatic heterocycles. The summed E-state index contributed by atoms with van der Waals surface area (Å²) in [5.74, 6) is 1.36. The first kappa shape index (κ1) is 25.0. The molecule has 0 radical (unpaired) electrons. The summed E-state index contributed by atoms with van der Waals surface area (Å²) in [6, 6.07) is 11.9. The quantitative estimate of drug-likeness (QED) is 0.268. The average Bonchev–Trinajstić information content (AvgIpc) is 3.66. The number of hydrogen-bond acceptors (Lipinski definition) is 9. The van der Waals surface area contributed by atoms with E-state index in [1.165, 1.54) is 18.1 Å². The standard InChI is InChI=1S/C27H26BrN5O4S/c1-15(26(34)37-18-4-2-3-5-18)10-16-6-8-17(9-7-16)33-25-23(24(29)30-13-31-25)32-27(33)38-22-12-21-20(11-19(22)28)35-14-36-21/h6-9,11-13,15,18H,2-5,10,14H2,1H3,(H2,29,30,31)/t15-/m0/s1. The molecular weight excluding hydrogens is 570 g/mol. The first-order valence-corrected chi connectivity index (χ1v) is 14.1. The summed E-state index contributed by atoms with van der Waals surface area (Å²) < 4.78 is 19.6. The van der Waals surface area contributed by atoms with Crippen LogP contribution in [-0.2, 0) is 16.0 Å². The van der Waals surface area contributed by atoms with Crippen molar-refractivity contribution in [2.45, 2.75) is 55.2 Å². The number of rotatable bonds is 7. The Labute approximate surface area is 232 Å². The Bertz CT molecular complexity index is 1500. The highest BCUT2D eigenvalue weighted by atomic mass is 79.9. The number of imidazole rings is 1. The van der Waals surface area contributed by atoms with Crippen molar-refractivity contribution < 1.29 is 19.0 Å². The van der Waals surface area contributed by atoms with Gasteiger partial charge in [-0.25, -0.2) is 15.0 Å². The van der Waals surface area contributed by atoms with E-state index in [-0.39, 0.29) is 24.8 Å². The predicted molar refractivity (Wildman–Crippen MR) is 147 cm³/mol. The second kappa shape index (κ2) is 10.5. The van der Waals surface area contributed by atoms with Crippen molar-refractivity contribution in [1.82, 2.24) is 19.5 Å². The summed E-state index contributed by atoms with van der Waals surface area (Å²) in [7, 11) is 0. The van der Waals surface area contributed by atoms with E-state index in [1.54, 1.807) is 0 Å². The fraction of sp³-hybridized carbons (Fsp3) is 0.333. The molecule has 0 saturated heterocycles. The number of aromatic nitrogens is 4. The number of carbonyl (C=O) groups is 1. The molecule has 196 valence electrons. The lowest BCUT2D eigenvalue weighted by molar-refractivity contribution is -0.153. The van der Waals surface area contributed by atoms with Crippen LogP contribution in [0.3, 0.4) is 0 Å². The van der Waals surface area contributed by atoms with E-state index in [9.17, 15) is 4.79 Å². The Balaban J connectivity index is 1.28. The number of fused-ring (bicyclic) bond motifs is 2. The topological polar surface area (TPSA) is 114 Å². The number of halogens is 1. The summed E-state index contributed by atoms with van der Waals surface area (Å²) in [6.45, 7) is 2.12. The Morgan fingerprint density at radius 3 is 2.68 bits per heavy atom. The minimum Gasteiger partial charge on any atom is -0.462 e. The van der Waals surface area contributed by atoms with Gasteiger partial charge in [-0.2, -0.15) is 0 Å². The highest BCUT2D eigenvalue weighted by Crippen LogP contribution is 2.43. The van der Waals surface area contributed by atoms with E-state index in [0.29, 0.717) is 40.1 Å². The van der Waals surface area contributed by atoms with Gasteiger partial charge >= 0.3 is 5.97 Å². The van der Waals surface area contributed by atoms with Crippen LogP contribution in [0, 0.1) is 5.92 Å². The van der Waals surface area contributed by atoms with Crippen molar-refractivity contribution in [3.8, 4) is 17.2 Å². The van der Waals surface area contributed by atoms with Crippen LogP contribution in [0.1, 0.15) is 38.2 Å². The van der Waals surface area contributed by atoms with Crippen LogP contribution < -0.4 is 15.2 Å². The smallest absolute Gasteiger partial charge is 0.309 e. The van der Waals surface area contributed by atoms with E-state index >= 15 is 0 Å². The van der Waals surface area contributed by atoms with Crippen LogP contribution >= 0.6 is 27.7 Å². The minimum absolute atomic E-state index is 0.0805. The van der Waals surface area contributed by atoms with Gasteiger partial charge in [-0.05, 0) is 89.6 Å². The zero-order valence-electron chi connectivity index (χ0n) is 20.7. The molecule has 2 N–H and O–H groups in total. The number of carbonyl (C=O) groups excluding carboxylic acids is 1. The first-order chi connectivity index (χ1) is 18.5. The molecule has 2 aliphatic rings. The largest absolute Gasteiger partial charge is 0.462 e. The van der Waals surface area contributed by atoms with Crippen molar-refractivity contribution in [2.24, 2.45) is 5.92 Å². The zero-order valence-corrected chi connectivity index (χ0v) is 23.1. The molecule has 38 heavy (non-hydrogen) atoms. The molecule has 0 spiro atoms. The summed E-state index contributed by atoms with van der Waals surface area (Å²) in [6.07, 6.45) is 6.35. The molecule has 6 rings (SSSR count). The molecule has 1 fully saturated rings. The lowest BCUT2D eigenvalue weighted by Crippen LogP contribution is -2.22. The zero-order chi connectivity index (χ0) is 26.2. The second-order valence-electron chi connectivity index (χ2n) is 9.51. The number of ether oxygens (including phenoxy) is 3. The molecule has 0 bridgehead atoms. The van der Waals surface area contributed by atoms with Gasteiger partial charge in [-0.1, -0.05) is 19.1 Å². The fourth-order valence-corrected chi connectivity index (χ4v) is 6.27. The molecule has 1 aliphatic heterocycles. The number of nitrogens with two attached hydrogens (primary N) is 1. The Morgan fingerprint density at radius 2 is 1.92 bits per heavy atom. The van der Waals surface area contributed by atoms with Gasteiger partial charge in [0.05, 0.1) is 5.92 Å². The first-order valence-electron chi connectivity index (χ1n) is 12.5. The van der Waals surface area contributed by atoms with Crippen LogP contribution in [0.5, 0.6) is 11.5 Å². The molecule has 4 aromatic rings. The molecule has 2 aromatic carbocycles. The third-order valence-electron chi connectivity index (χ3n) is 6.79. The maximum atomic E-state index is 12.6. The number of esters is 1. The van der Waals surface area contributed by atoms with Crippen LogP contribution in [0.15, 0.2) is 57.3 Å². The maximum absolute atomic E-state index is 12.6. The van der Waals surface area contributed by atoms with Crippen molar-refractivity contribution in [1.29, 1.82) is 0 Å². The molecule has 0 amide bonds. The van der Waals surface area contributed by atoms with E-state index in [2.05, 4.69) is 25.9 Å². The van der Waals surface area contributed by atoms with E-state index < -0.39 is 0 Å². The molecule has 1 aliphatic carbocycles. The number of anilines is 1. The molecule has 1 atom stereocenters. The van der Waals surface area contributed by atoms with Crippen molar-refractivity contribution >= 4 is 50.6 Å². The van der Waals surface area contributed by atoms with Gasteiger partial charge < -0.3 is 19.9 Å². The monoisotopic (exact) mass is 595 g/mol. The van der Waals surface area contributed by atoms with Crippen LogP contribution in [-0.4, -0.2) is 38.4 Å². The van der Waals surface area contributed by atoms with Gasteiger partial charge in [0.15, 0.2) is 33.6 Å². The third-order valence-corrected chi connectivity index (χ3v) is 8.73. The number of hydrogen-bond donors (Lipinski definition) is 1. The summed E-state index contributed by atoms with van der Waals surface area (Å²) in [5.41, 5.74) is 9.21. The highest BCUT2D eigenvalue weighted by molar-refractivity contribution is 9.10. The maximum Gasteiger partial charge on any atom is 0.309 e. The number of benzene rings is 2.